The number of alkyl halides is 1. The first kappa shape index (κ1) is 3.44. The van der Waals surface area contributed by atoms with Crippen LogP contribution in [0.3, 0.4) is 0 Å². The molecule has 0 aromatic rings. The van der Waals surface area contributed by atoms with Crippen LogP contribution in [0.1, 0.15) is 0 Å². The third kappa shape index (κ3) is 0.551. The lowest BCUT2D eigenvalue weighted by Gasteiger charge is -2.18. The van der Waals surface area contributed by atoms with E-state index in [0.717, 1.165) is 13.2 Å². The molecule has 0 unspecified atom stereocenters. The zero-order valence-electron chi connectivity index (χ0n) is 2.78. The number of hydrogen-bond donors (Lipinski definition) is 0. The molecule has 0 radical (unpaired) electrons. The Morgan fingerprint density at radius 3 is 2.00 bits per heavy atom. The summed E-state index contributed by atoms with van der Waals surface area (Å²) < 4.78 is 4.70. The maximum absolute atomic E-state index is 5.42. The molecule has 1 heterocycles. The number of hydrogen-bond acceptors (Lipinski definition) is 1. The number of rotatable bonds is 0. The second kappa shape index (κ2) is 1.15. The summed E-state index contributed by atoms with van der Waals surface area (Å²) >= 11 is 5.42. The van der Waals surface area contributed by atoms with E-state index in [4.69, 9.17) is 16.3 Å². The minimum atomic E-state index is 0.315. The van der Waals surface area contributed by atoms with Gasteiger partial charge in [-0.2, -0.15) is 0 Å². The molecule has 0 N–H and O–H groups in total. The minimum absolute atomic E-state index is 0.315. The topological polar surface area (TPSA) is 9.23 Å². The molecule has 2 heteroatoms. The van der Waals surface area contributed by atoms with Crippen molar-refractivity contribution < 1.29 is 4.74 Å². The van der Waals surface area contributed by atoms with E-state index in [1.165, 1.54) is 0 Å². The van der Waals surface area contributed by atoms with Crippen LogP contribution in [0.25, 0.3) is 0 Å². The summed E-state index contributed by atoms with van der Waals surface area (Å²) in [6, 6.07) is 0. The van der Waals surface area contributed by atoms with Crippen LogP contribution in [0, 0.1) is 0 Å². The third-order valence-corrected chi connectivity index (χ3v) is 0.849. The number of ether oxygens (including phenoxy) is 1. The minimum Gasteiger partial charge on any atom is -0.378 e. The summed E-state index contributed by atoms with van der Waals surface area (Å²) in [5, 5.41) is 0.315. The molecule has 1 fully saturated rings. The molecule has 0 aromatic heterocycles. The van der Waals surface area contributed by atoms with Gasteiger partial charge in [-0.1, -0.05) is 0 Å². The van der Waals surface area contributed by atoms with Gasteiger partial charge in [0.05, 0.1) is 18.6 Å². The van der Waals surface area contributed by atoms with Crippen molar-refractivity contribution in [2.24, 2.45) is 0 Å². The van der Waals surface area contributed by atoms with E-state index in [1.54, 1.807) is 0 Å². The van der Waals surface area contributed by atoms with E-state index in [-0.39, 0.29) is 0 Å². The van der Waals surface area contributed by atoms with Crippen LogP contribution < -0.4 is 0 Å². The second-order valence-electron chi connectivity index (χ2n) is 1.13. The average molecular weight is 92.5 g/mol. The highest BCUT2D eigenvalue weighted by Gasteiger charge is 2.12. The van der Waals surface area contributed by atoms with Gasteiger partial charge in [0.2, 0.25) is 0 Å². The highest BCUT2D eigenvalue weighted by molar-refractivity contribution is 6.21. The maximum Gasteiger partial charge on any atom is 0.0803 e. The third-order valence-electron chi connectivity index (χ3n) is 0.597. The van der Waals surface area contributed by atoms with E-state index in [9.17, 15) is 0 Å². The Morgan fingerprint density at radius 2 is 2.00 bits per heavy atom. The molecule has 0 aliphatic carbocycles. The standard InChI is InChI=1S/C3H5ClO/c4-3-1-5-2-3/h3H,1-2H2. The molecule has 0 amide bonds. The van der Waals surface area contributed by atoms with Crippen molar-refractivity contribution in [1.29, 1.82) is 0 Å². The van der Waals surface area contributed by atoms with Gasteiger partial charge >= 0.3 is 0 Å². The molecule has 1 saturated heterocycles. The van der Waals surface area contributed by atoms with Crippen LogP contribution in [-0.4, -0.2) is 18.6 Å². The largest absolute Gasteiger partial charge is 0.378 e. The van der Waals surface area contributed by atoms with Crippen molar-refractivity contribution >= 4 is 11.6 Å². The lowest BCUT2D eigenvalue weighted by atomic mass is 10.4. The van der Waals surface area contributed by atoms with Crippen molar-refractivity contribution in [1.82, 2.24) is 0 Å². The quantitative estimate of drug-likeness (QED) is 0.398. The second-order valence-corrected chi connectivity index (χ2v) is 1.75. The van der Waals surface area contributed by atoms with E-state index >= 15 is 0 Å². The van der Waals surface area contributed by atoms with Gasteiger partial charge in [0.25, 0.3) is 0 Å². The molecule has 1 nitrogen and oxygen atoms in total. The Balaban J connectivity index is 2.08. The molecule has 0 aromatic carbocycles. The molecule has 0 saturated carbocycles. The molecular formula is C3H5ClO. The molecule has 30 valence electrons. The molecule has 0 bridgehead atoms. The first-order valence-corrected chi connectivity index (χ1v) is 2.05. The monoisotopic (exact) mass is 92.0 g/mol. The van der Waals surface area contributed by atoms with Gasteiger partial charge in [0, 0.05) is 0 Å². The van der Waals surface area contributed by atoms with Crippen LogP contribution in [0.5, 0.6) is 0 Å². The summed E-state index contributed by atoms with van der Waals surface area (Å²) in [7, 11) is 0. The zero-order chi connectivity index (χ0) is 3.70. The fourth-order valence-electron chi connectivity index (χ4n) is 0.207. The summed E-state index contributed by atoms with van der Waals surface area (Å²) in [5.74, 6) is 0. The van der Waals surface area contributed by atoms with E-state index in [0.29, 0.717) is 5.38 Å². The van der Waals surface area contributed by atoms with Gasteiger partial charge in [-0.05, 0) is 0 Å². The Bertz CT molecular complexity index is 33.9. The molecule has 0 spiro atoms. The lowest BCUT2D eigenvalue weighted by Crippen LogP contribution is -2.27. The van der Waals surface area contributed by atoms with Crippen molar-refractivity contribution in [3.8, 4) is 0 Å². The summed E-state index contributed by atoms with van der Waals surface area (Å²) in [6.07, 6.45) is 0. The summed E-state index contributed by atoms with van der Waals surface area (Å²) in [6.45, 7) is 1.50. The van der Waals surface area contributed by atoms with Crippen molar-refractivity contribution in [3.05, 3.63) is 0 Å². The van der Waals surface area contributed by atoms with Gasteiger partial charge in [-0.25, -0.2) is 0 Å². The predicted molar refractivity (Wildman–Crippen MR) is 20.5 cm³/mol. The smallest absolute Gasteiger partial charge is 0.0803 e. The van der Waals surface area contributed by atoms with Crippen molar-refractivity contribution in [2.75, 3.05) is 13.2 Å². The van der Waals surface area contributed by atoms with Crippen LogP contribution in [0.15, 0.2) is 0 Å². The summed E-state index contributed by atoms with van der Waals surface area (Å²) in [5.41, 5.74) is 0. The fraction of sp³-hybridized carbons (Fsp3) is 1.00. The van der Waals surface area contributed by atoms with Crippen LogP contribution in [0.2, 0.25) is 0 Å². The average Bonchev–Trinajstić information content (AvgIpc) is 1.30. The molecule has 0 atom stereocenters. The summed E-state index contributed by atoms with van der Waals surface area (Å²) in [4.78, 5) is 0. The van der Waals surface area contributed by atoms with Crippen LogP contribution in [-0.2, 0) is 4.74 Å². The molecule has 1 aliphatic heterocycles. The van der Waals surface area contributed by atoms with Crippen LogP contribution >= 0.6 is 11.6 Å². The maximum atomic E-state index is 5.42. The highest BCUT2D eigenvalue weighted by Crippen LogP contribution is 2.05. The van der Waals surface area contributed by atoms with Gasteiger partial charge in [0.1, 0.15) is 0 Å². The Labute approximate surface area is 35.9 Å². The highest BCUT2D eigenvalue weighted by atomic mass is 35.5. The van der Waals surface area contributed by atoms with Crippen LogP contribution in [0.4, 0.5) is 0 Å². The molecule has 5 heavy (non-hydrogen) atoms. The lowest BCUT2D eigenvalue weighted by molar-refractivity contribution is 0.0424. The first-order chi connectivity index (χ1) is 2.39. The fourth-order valence-corrected chi connectivity index (χ4v) is 0.385. The van der Waals surface area contributed by atoms with E-state index in [1.807, 2.05) is 0 Å². The number of halogens is 1. The Morgan fingerprint density at radius 1 is 1.60 bits per heavy atom. The SMILES string of the molecule is ClC1COC1. The van der Waals surface area contributed by atoms with E-state index < -0.39 is 0 Å². The molecular weight excluding hydrogens is 87.5 g/mol. The molecule has 1 aliphatic rings. The first-order valence-electron chi connectivity index (χ1n) is 1.61. The Kier molecular flexibility index (Phi) is 0.791. The van der Waals surface area contributed by atoms with Gasteiger partial charge in [-0.3, -0.25) is 0 Å². The Hall–Kier alpha value is 0.250. The normalized spacial score (nSPS) is 25.8. The zero-order valence-corrected chi connectivity index (χ0v) is 3.53. The predicted octanol–water partition coefficient (Wildman–Crippen LogP) is 0.624. The molecule has 1 rings (SSSR count). The van der Waals surface area contributed by atoms with Gasteiger partial charge in [-0.15, -0.1) is 11.6 Å². The van der Waals surface area contributed by atoms with E-state index in [2.05, 4.69) is 0 Å². The van der Waals surface area contributed by atoms with Crippen molar-refractivity contribution in [3.63, 3.8) is 0 Å². The van der Waals surface area contributed by atoms with Crippen molar-refractivity contribution in [2.45, 2.75) is 5.38 Å². The van der Waals surface area contributed by atoms with Gasteiger partial charge < -0.3 is 4.74 Å². The van der Waals surface area contributed by atoms with Gasteiger partial charge in [0.15, 0.2) is 0 Å².